The van der Waals surface area contributed by atoms with Crippen LogP contribution in [0.25, 0.3) is 0 Å². The van der Waals surface area contributed by atoms with Crippen molar-refractivity contribution in [3.8, 4) is 0 Å². The smallest absolute Gasteiger partial charge is 0.253 e. The third kappa shape index (κ3) is 2.45. The molecule has 1 spiro atoms. The summed E-state index contributed by atoms with van der Waals surface area (Å²) in [6.45, 7) is 0.696. The van der Waals surface area contributed by atoms with Crippen molar-refractivity contribution >= 4 is 32.9 Å². The maximum Gasteiger partial charge on any atom is 0.253 e. The van der Waals surface area contributed by atoms with Crippen LogP contribution in [0.2, 0.25) is 0 Å². The summed E-state index contributed by atoms with van der Waals surface area (Å²) in [6.07, 6.45) is 0.625. The van der Waals surface area contributed by atoms with E-state index >= 15 is 0 Å². The summed E-state index contributed by atoms with van der Waals surface area (Å²) in [5.74, 6) is -0.194. The Bertz CT molecular complexity index is 938. The summed E-state index contributed by atoms with van der Waals surface area (Å²) in [4.78, 5) is 26.7. The zero-order valence-electron chi connectivity index (χ0n) is 13.5. The Labute approximate surface area is 150 Å². The maximum atomic E-state index is 13.1. The van der Waals surface area contributed by atoms with Crippen molar-refractivity contribution in [3.63, 3.8) is 0 Å². The van der Waals surface area contributed by atoms with E-state index in [2.05, 4.69) is 0 Å². The highest BCUT2D eigenvalue weighted by Gasteiger charge is 2.53. The number of sulfone groups is 1. The van der Waals surface area contributed by atoms with Crippen molar-refractivity contribution < 1.29 is 18.0 Å². The van der Waals surface area contributed by atoms with Crippen LogP contribution in [-0.2, 0) is 9.84 Å². The van der Waals surface area contributed by atoms with E-state index in [1.807, 2.05) is 6.07 Å². The van der Waals surface area contributed by atoms with Gasteiger partial charge in [-0.3, -0.25) is 9.59 Å². The third-order valence-electron chi connectivity index (χ3n) is 5.21. The van der Waals surface area contributed by atoms with Gasteiger partial charge in [-0.05, 0) is 36.4 Å². The van der Waals surface area contributed by atoms with Crippen molar-refractivity contribution in [2.45, 2.75) is 28.2 Å². The number of amides is 1. The van der Waals surface area contributed by atoms with E-state index in [0.717, 1.165) is 11.3 Å². The first-order valence-corrected chi connectivity index (χ1v) is 10.5. The lowest BCUT2D eigenvalue weighted by molar-refractivity contribution is 0.0691. The zero-order valence-corrected chi connectivity index (χ0v) is 15.1. The number of carbonyl (C=O) groups is 2. The van der Waals surface area contributed by atoms with Gasteiger partial charge in [-0.25, -0.2) is 8.42 Å². The van der Waals surface area contributed by atoms with Gasteiger partial charge < -0.3 is 4.90 Å². The van der Waals surface area contributed by atoms with Gasteiger partial charge in [0.1, 0.15) is 4.21 Å². The van der Waals surface area contributed by atoms with Gasteiger partial charge in [-0.1, -0.05) is 18.2 Å². The first-order chi connectivity index (χ1) is 11.9. The Morgan fingerprint density at radius 3 is 2.44 bits per heavy atom. The molecule has 2 aliphatic heterocycles. The molecule has 2 aromatic rings. The number of fused-ring (bicyclic) bond motifs is 1. The Morgan fingerprint density at radius 2 is 1.76 bits per heavy atom. The largest absolute Gasteiger partial charge is 0.339 e. The van der Waals surface area contributed by atoms with E-state index in [1.165, 1.54) is 0 Å². The molecule has 2 aliphatic rings. The molecule has 25 heavy (non-hydrogen) atoms. The van der Waals surface area contributed by atoms with Crippen molar-refractivity contribution in [2.75, 3.05) is 13.1 Å². The normalized spacial score (nSPS) is 21.1. The predicted molar refractivity (Wildman–Crippen MR) is 94.8 cm³/mol. The molecule has 0 atom stereocenters. The van der Waals surface area contributed by atoms with Crippen LogP contribution in [0.15, 0.2) is 46.0 Å². The van der Waals surface area contributed by atoms with Crippen LogP contribution >= 0.6 is 11.3 Å². The maximum absolute atomic E-state index is 13.1. The number of thiophene rings is 1. The molecule has 0 aliphatic carbocycles. The monoisotopic (exact) mass is 375 g/mol. The van der Waals surface area contributed by atoms with Crippen LogP contribution in [0.1, 0.15) is 40.0 Å². The molecule has 1 aromatic heterocycles. The molecule has 130 valence electrons. The van der Waals surface area contributed by atoms with Gasteiger partial charge in [-0.15, -0.1) is 11.3 Å². The molecule has 7 heteroatoms. The fourth-order valence-electron chi connectivity index (χ4n) is 3.72. The van der Waals surface area contributed by atoms with Crippen LogP contribution in [0.5, 0.6) is 0 Å². The second kappa shape index (κ2) is 5.78. The number of nitrogens with zero attached hydrogens (tertiary/aromatic N) is 1. The minimum Gasteiger partial charge on any atom is -0.339 e. The van der Waals surface area contributed by atoms with E-state index in [0.29, 0.717) is 37.1 Å². The number of Topliss-reactive ketones (excluding diaryl/α,β-unsaturated/α-hetero) is 1. The molecular formula is C18H17NO4S2. The van der Waals surface area contributed by atoms with Crippen LogP contribution in [0.3, 0.4) is 0 Å². The van der Waals surface area contributed by atoms with Gasteiger partial charge >= 0.3 is 0 Å². The van der Waals surface area contributed by atoms with Gasteiger partial charge in [0.05, 0.1) is 4.75 Å². The number of carbonyl (C=O) groups excluding carboxylic acids is 2. The molecule has 5 nitrogen and oxygen atoms in total. The Morgan fingerprint density at radius 1 is 1.08 bits per heavy atom. The van der Waals surface area contributed by atoms with Crippen molar-refractivity contribution in [1.82, 2.24) is 4.90 Å². The number of rotatable bonds is 1. The molecule has 1 amide bonds. The molecular weight excluding hydrogens is 358 g/mol. The molecule has 1 aromatic carbocycles. The number of likely N-dealkylation sites (tertiary alicyclic amines) is 1. The molecule has 0 unspecified atom stereocenters. The van der Waals surface area contributed by atoms with Gasteiger partial charge in [-0.2, -0.15) is 0 Å². The lowest BCUT2D eigenvalue weighted by Crippen LogP contribution is -2.53. The van der Waals surface area contributed by atoms with E-state index in [-0.39, 0.29) is 22.3 Å². The fourth-order valence-corrected chi connectivity index (χ4v) is 7.46. The quantitative estimate of drug-likeness (QED) is 0.768. The van der Waals surface area contributed by atoms with Crippen LogP contribution in [-0.4, -0.2) is 42.8 Å². The fraction of sp³-hybridized carbons (Fsp3) is 0.333. The Hall–Kier alpha value is -1.99. The number of piperidine rings is 1. The van der Waals surface area contributed by atoms with E-state index in [1.54, 1.807) is 40.6 Å². The molecule has 1 fully saturated rings. The molecule has 4 rings (SSSR count). The average molecular weight is 375 g/mol. The SMILES string of the molecule is O=C1CC2(CCN(C(=O)c3ccccc3)CC2)S(=O)(=O)c2sccc21. The average Bonchev–Trinajstić information content (AvgIpc) is 3.13. The van der Waals surface area contributed by atoms with Crippen LogP contribution in [0.4, 0.5) is 0 Å². The summed E-state index contributed by atoms with van der Waals surface area (Å²) in [5, 5.41) is 1.66. The highest BCUT2D eigenvalue weighted by Crippen LogP contribution is 2.46. The van der Waals surface area contributed by atoms with Crippen molar-refractivity contribution in [1.29, 1.82) is 0 Å². The number of hydrogen-bond donors (Lipinski definition) is 0. The molecule has 0 saturated carbocycles. The predicted octanol–water partition coefficient (Wildman–Crippen LogP) is 2.78. The molecule has 3 heterocycles. The van der Waals surface area contributed by atoms with Crippen LogP contribution in [0, 0.1) is 0 Å². The molecule has 1 saturated heterocycles. The number of hydrogen-bond acceptors (Lipinski definition) is 5. The summed E-state index contributed by atoms with van der Waals surface area (Å²) in [5.41, 5.74) is 0.931. The van der Waals surface area contributed by atoms with E-state index in [9.17, 15) is 18.0 Å². The lowest BCUT2D eigenvalue weighted by atomic mass is 9.88. The summed E-state index contributed by atoms with van der Waals surface area (Å²) < 4.78 is 25.3. The van der Waals surface area contributed by atoms with Crippen LogP contribution < -0.4 is 0 Å². The van der Waals surface area contributed by atoms with Crippen molar-refractivity contribution in [3.05, 3.63) is 52.9 Å². The van der Waals surface area contributed by atoms with Crippen molar-refractivity contribution in [2.24, 2.45) is 0 Å². The minimum absolute atomic E-state index is 0.0203. The highest BCUT2D eigenvalue weighted by molar-refractivity contribution is 7.95. The molecule has 0 bridgehead atoms. The minimum atomic E-state index is -3.55. The second-order valence-corrected chi connectivity index (χ2v) is 10.0. The lowest BCUT2D eigenvalue weighted by Gasteiger charge is -2.42. The van der Waals surface area contributed by atoms with Gasteiger partial charge in [0, 0.05) is 30.6 Å². The van der Waals surface area contributed by atoms with E-state index < -0.39 is 14.6 Å². The highest BCUT2D eigenvalue weighted by atomic mass is 32.2. The standard InChI is InChI=1S/C18H17NO4S2/c20-15-12-18(25(22,23)17-14(15)6-11-24-17)7-9-19(10-8-18)16(21)13-4-2-1-3-5-13/h1-6,11H,7-10,12H2. The Balaban J connectivity index is 1.59. The molecule has 0 N–H and O–H groups in total. The first kappa shape index (κ1) is 16.5. The van der Waals surface area contributed by atoms with E-state index in [4.69, 9.17) is 0 Å². The second-order valence-electron chi connectivity index (χ2n) is 6.57. The first-order valence-electron chi connectivity index (χ1n) is 8.14. The Kier molecular flexibility index (Phi) is 3.81. The van der Waals surface area contributed by atoms with Gasteiger partial charge in [0.15, 0.2) is 15.6 Å². The summed E-state index contributed by atoms with van der Waals surface area (Å²) >= 11 is 1.12. The zero-order chi connectivity index (χ0) is 17.7. The summed E-state index contributed by atoms with van der Waals surface area (Å²) in [7, 11) is -3.55. The third-order valence-corrected chi connectivity index (χ3v) is 9.26. The molecule has 0 radical (unpaired) electrons. The number of ketones is 1. The number of benzene rings is 1. The summed E-state index contributed by atoms with van der Waals surface area (Å²) in [6, 6.07) is 10.6. The van der Waals surface area contributed by atoms with Gasteiger partial charge in [0.2, 0.25) is 0 Å². The van der Waals surface area contributed by atoms with Gasteiger partial charge in [0.25, 0.3) is 5.91 Å². The topological polar surface area (TPSA) is 71.5 Å².